The first-order chi connectivity index (χ1) is 11.4. The Labute approximate surface area is 147 Å². The summed E-state index contributed by atoms with van der Waals surface area (Å²) in [6.07, 6.45) is 1.36. The van der Waals surface area contributed by atoms with Gasteiger partial charge < -0.3 is 9.64 Å². The van der Waals surface area contributed by atoms with Crippen LogP contribution in [0.5, 0.6) is 11.5 Å². The van der Waals surface area contributed by atoms with Gasteiger partial charge in [0.05, 0.1) is 10.1 Å². The summed E-state index contributed by atoms with van der Waals surface area (Å²) in [5.74, 6) is 1.25. The molecule has 2 aromatic carbocycles. The van der Waals surface area contributed by atoms with Gasteiger partial charge in [0.2, 0.25) is 0 Å². The Hall–Kier alpha value is -1.56. The third kappa shape index (κ3) is 3.91. The second-order valence-corrected chi connectivity index (χ2v) is 8.74. The van der Waals surface area contributed by atoms with E-state index in [1.807, 2.05) is 7.05 Å². The molecule has 0 unspecified atom stereocenters. The normalized spacial score (nSPS) is 16.9. The smallest absolute Gasteiger partial charge is 0.181 e. The van der Waals surface area contributed by atoms with Gasteiger partial charge in [-0.2, -0.15) is 0 Å². The van der Waals surface area contributed by atoms with Gasteiger partial charge in [-0.25, -0.2) is 8.42 Å². The molecule has 6 heteroatoms. The van der Waals surface area contributed by atoms with Gasteiger partial charge in [0.15, 0.2) is 9.84 Å². The van der Waals surface area contributed by atoms with Gasteiger partial charge in [-0.05, 0) is 81.5 Å². The molecule has 0 spiro atoms. The maximum atomic E-state index is 12.7. The summed E-state index contributed by atoms with van der Waals surface area (Å²) >= 11 is 5.84. The molecule has 0 aromatic heterocycles. The number of piperidine rings is 1. The Morgan fingerprint density at radius 1 is 0.958 bits per heavy atom. The van der Waals surface area contributed by atoms with Crippen LogP contribution in [0.1, 0.15) is 12.8 Å². The lowest BCUT2D eigenvalue weighted by molar-refractivity contribution is 0.277. The zero-order chi connectivity index (χ0) is 17.2. The molecule has 0 N–H and O–H groups in total. The number of rotatable bonds is 4. The summed E-state index contributed by atoms with van der Waals surface area (Å²) in [6, 6.07) is 13.7. The second kappa shape index (κ2) is 7.13. The standard InChI is InChI=1S/C18H20ClNO3S/c1-20-12-10-18(11-13-20)24(21,22)17-8-6-16(7-9-17)23-15-4-2-14(19)3-5-15/h2-9,18H,10-13H2,1H3. The Kier molecular flexibility index (Phi) is 5.13. The van der Waals surface area contributed by atoms with E-state index in [0.29, 0.717) is 34.3 Å². The number of sulfone groups is 1. The number of likely N-dealkylation sites (tertiary alicyclic amines) is 1. The van der Waals surface area contributed by atoms with Gasteiger partial charge in [-0.1, -0.05) is 11.6 Å². The number of hydrogen-bond acceptors (Lipinski definition) is 4. The predicted molar refractivity (Wildman–Crippen MR) is 95.7 cm³/mol. The average molecular weight is 366 g/mol. The maximum Gasteiger partial charge on any atom is 0.181 e. The summed E-state index contributed by atoms with van der Waals surface area (Å²) in [6.45, 7) is 1.64. The lowest BCUT2D eigenvalue weighted by Crippen LogP contribution is -2.37. The molecule has 0 amide bonds. The Morgan fingerprint density at radius 2 is 1.46 bits per heavy atom. The molecular weight excluding hydrogens is 346 g/mol. The highest BCUT2D eigenvalue weighted by Gasteiger charge is 2.30. The molecule has 0 saturated carbocycles. The van der Waals surface area contributed by atoms with Crippen LogP contribution in [0.3, 0.4) is 0 Å². The summed E-state index contributed by atoms with van der Waals surface area (Å²) < 4.78 is 31.2. The van der Waals surface area contributed by atoms with Crippen LogP contribution in [0.25, 0.3) is 0 Å². The first-order valence-corrected chi connectivity index (χ1v) is 9.83. The number of hydrogen-bond donors (Lipinski definition) is 0. The molecule has 4 nitrogen and oxygen atoms in total. The van der Waals surface area contributed by atoms with Gasteiger partial charge in [0, 0.05) is 5.02 Å². The van der Waals surface area contributed by atoms with E-state index >= 15 is 0 Å². The monoisotopic (exact) mass is 365 g/mol. The highest BCUT2D eigenvalue weighted by molar-refractivity contribution is 7.92. The van der Waals surface area contributed by atoms with Gasteiger partial charge in [0.1, 0.15) is 11.5 Å². The van der Waals surface area contributed by atoms with Crippen LogP contribution in [-0.2, 0) is 9.84 Å². The van der Waals surface area contributed by atoms with Crippen molar-refractivity contribution in [3.8, 4) is 11.5 Å². The van der Waals surface area contributed by atoms with E-state index < -0.39 is 9.84 Å². The van der Waals surface area contributed by atoms with Crippen LogP contribution >= 0.6 is 11.6 Å². The summed E-state index contributed by atoms with van der Waals surface area (Å²) in [5, 5.41) is 0.346. The van der Waals surface area contributed by atoms with Crippen molar-refractivity contribution in [3.63, 3.8) is 0 Å². The van der Waals surface area contributed by atoms with Crippen molar-refractivity contribution < 1.29 is 13.2 Å². The van der Waals surface area contributed by atoms with Crippen LogP contribution in [0, 0.1) is 0 Å². The molecule has 3 rings (SSSR count). The lowest BCUT2D eigenvalue weighted by atomic mass is 10.1. The molecular formula is C18H20ClNO3S. The highest BCUT2D eigenvalue weighted by Crippen LogP contribution is 2.28. The van der Waals surface area contributed by atoms with E-state index in [1.165, 1.54) is 0 Å². The van der Waals surface area contributed by atoms with E-state index in [9.17, 15) is 8.42 Å². The van der Waals surface area contributed by atoms with Crippen LogP contribution in [0.15, 0.2) is 53.4 Å². The fourth-order valence-electron chi connectivity index (χ4n) is 2.82. The molecule has 2 aromatic rings. The SMILES string of the molecule is CN1CCC(S(=O)(=O)c2ccc(Oc3ccc(Cl)cc3)cc2)CC1. The van der Waals surface area contributed by atoms with E-state index in [0.717, 1.165) is 13.1 Å². The average Bonchev–Trinajstić information content (AvgIpc) is 2.58. The van der Waals surface area contributed by atoms with Crippen molar-refractivity contribution >= 4 is 21.4 Å². The third-order valence-electron chi connectivity index (χ3n) is 4.31. The van der Waals surface area contributed by atoms with Gasteiger partial charge >= 0.3 is 0 Å². The van der Waals surface area contributed by atoms with Crippen LogP contribution < -0.4 is 4.74 Å². The quantitative estimate of drug-likeness (QED) is 0.821. The first-order valence-electron chi connectivity index (χ1n) is 7.91. The molecule has 0 atom stereocenters. The van der Waals surface area contributed by atoms with Crippen LogP contribution in [0.2, 0.25) is 5.02 Å². The third-order valence-corrected chi connectivity index (χ3v) is 6.84. The minimum atomic E-state index is -3.28. The number of nitrogens with zero attached hydrogens (tertiary/aromatic N) is 1. The van der Waals surface area contributed by atoms with Crippen molar-refractivity contribution in [2.75, 3.05) is 20.1 Å². The van der Waals surface area contributed by atoms with E-state index in [4.69, 9.17) is 16.3 Å². The highest BCUT2D eigenvalue weighted by atomic mass is 35.5. The zero-order valence-corrected chi connectivity index (χ0v) is 15.1. The summed E-state index contributed by atoms with van der Waals surface area (Å²) in [4.78, 5) is 2.52. The molecule has 0 aliphatic carbocycles. The Morgan fingerprint density at radius 3 is 2.00 bits per heavy atom. The molecule has 24 heavy (non-hydrogen) atoms. The Balaban J connectivity index is 1.72. The predicted octanol–water partition coefficient (Wildman–Crippen LogP) is 4.00. The molecule has 128 valence electrons. The molecule has 1 heterocycles. The lowest BCUT2D eigenvalue weighted by Gasteiger charge is -2.28. The van der Waals surface area contributed by atoms with Crippen molar-refractivity contribution in [2.45, 2.75) is 23.0 Å². The Bertz CT molecular complexity index is 780. The summed E-state index contributed by atoms with van der Waals surface area (Å²) in [5.41, 5.74) is 0. The zero-order valence-electron chi connectivity index (χ0n) is 13.5. The van der Waals surface area contributed by atoms with Crippen molar-refractivity contribution in [1.82, 2.24) is 4.90 Å². The molecule has 0 bridgehead atoms. The molecule has 1 aliphatic heterocycles. The van der Waals surface area contributed by atoms with Crippen molar-refractivity contribution in [1.29, 1.82) is 0 Å². The number of halogens is 1. The molecule has 1 fully saturated rings. The minimum Gasteiger partial charge on any atom is -0.457 e. The second-order valence-electron chi connectivity index (χ2n) is 6.08. The van der Waals surface area contributed by atoms with E-state index in [-0.39, 0.29) is 5.25 Å². The first kappa shape index (κ1) is 17.3. The van der Waals surface area contributed by atoms with Crippen LogP contribution in [0.4, 0.5) is 0 Å². The van der Waals surface area contributed by atoms with E-state index in [2.05, 4.69) is 4.90 Å². The molecule has 1 aliphatic rings. The van der Waals surface area contributed by atoms with Gasteiger partial charge in [0.25, 0.3) is 0 Å². The fraction of sp³-hybridized carbons (Fsp3) is 0.333. The van der Waals surface area contributed by atoms with E-state index in [1.54, 1.807) is 48.5 Å². The number of benzene rings is 2. The number of ether oxygens (including phenoxy) is 1. The largest absolute Gasteiger partial charge is 0.457 e. The summed E-state index contributed by atoms with van der Waals surface area (Å²) in [7, 11) is -1.26. The van der Waals surface area contributed by atoms with Crippen molar-refractivity contribution in [2.24, 2.45) is 0 Å². The minimum absolute atomic E-state index is 0.295. The fourth-order valence-corrected chi connectivity index (χ4v) is 4.68. The molecule has 1 saturated heterocycles. The topological polar surface area (TPSA) is 46.6 Å². The molecule has 0 radical (unpaired) electrons. The van der Waals surface area contributed by atoms with Gasteiger partial charge in [-0.3, -0.25) is 0 Å². The maximum absolute atomic E-state index is 12.7. The van der Waals surface area contributed by atoms with Gasteiger partial charge in [-0.15, -0.1) is 0 Å². The van der Waals surface area contributed by atoms with Crippen LogP contribution in [-0.4, -0.2) is 38.7 Å². The van der Waals surface area contributed by atoms with Crippen molar-refractivity contribution in [3.05, 3.63) is 53.6 Å².